The lowest BCUT2D eigenvalue weighted by molar-refractivity contribution is -0.140. The monoisotopic (exact) mass is 356 g/mol. The van der Waals surface area contributed by atoms with Crippen LogP contribution in [0.5, 0.6) is 11.5 Å². The van der Waals surface area contributed by atoms with Gasteiger partial charge in [-0.25, -0.2) is 0 Å². The van der Waals surface area contributed by atoms with Crippen LogP contribution < -0.4 is 14.8 Å². The normalized spacial score (nSPS) is 34.5. The predicted octanol–water partition coefficient (Wildman–Crippen LogP) is 1.45. The number of fused-ring (bicyclic) bond motifs is 6. The summed E-state index contributed by atoms with van der Waals surface area (Å²) in [5.41, 5.74) is 0. The van der Waals surface area contributed by atoms with Crippen molar-refractivity contribution in [1.82, 2.24) is 10.2 Å². The van der Waals surface area contributed by atoms with Crippen molar-refractivity contribution in [3.63, 3.8) is 0 Å². The van der Waals surface area contributed by atoms with Gasteiger partial charge in [0, 0.05) is 19.6 Å². The molecule has 2 saturated carbocycles. The lowest BCUT2D eigenvalue weighted by Crippen LogP contribution is -2.42. The lowest BCUT2D eigenvalue weighted by atomic mass is 9.81. The number of hydrogen-bond donors (Lipinski definition) is 1. The summed E-state index contributed by atoms with van der Waals surface area (Å²) >= 11 is 0. The third kappa shape index (κ3) is 2.50. The number of imide groups is 1. The summed E-state index contributed by atoms with van der Waals surface area (Å²) in [5, 5.41) is 3.31. The van der Waals surface area contributed by atoms with Crippen LogP contribution in [0, 0.1) is 23.7 Å². The van der Waals surface area contributed by atoms with E-state index in [0.717, 1.165) is 30.8 Å². The maximum absolute atomic E-state index is 12.7. The van der Waals surface area contributed by atoms with E-state index in [-0.39, 0.29) is 29.8 Å². The van der Waals surface area contributed by atoms with Gasteiger partial charge in [-0.1, -0.05) is 12.1 Å². The quantitative estimate of drug-likeness (QED) is 0.639. The van der Waals surface area contributed by atoms with E-state index >= 15 is 0 Å². The van der Waals surface area contributed by atoms with E-state index < -0.39 is 0 Å². The van der Waals surface area contributed by atoms with Gasteiger partial charge in [0.25, 0.3) is 0 Å². The van der Waals surface area contributed by atoms with Gasteiger partial charge >= 0.3 is 0 Å². The first kappa shape index (κ1) is 16.1. The largest absolute Gasteiger partial charge is 0.486 e. The van der Waals surface area contributed by atoms with Crippen LogP contribution in [-0.2, 0) is 9.59 Å². The van der Waals surface area contributed by atoms with Crippen LogP contribution in [0.15, 0.2) is 24.3 Å². The van der Waals surface area contributed by atoms with Gasteiger partial charge in [-0.05, 0) is 43.2 Å². The molecule has 26 heavy (non-hydrogen) atoms. The standard InChI is InChI=1S/C20H24N2O4/c23-19-17-12-5-6-13(9-12)18(17)20(24)22(19)8-7-21-10-14-11-25-15-3-1-2-4-16(15)26-14/h1-4,12-14,17-18,21H,5-11H2/t12-,13+,14?,17+,18-. The number of ether oxygens (including phenoxy) is 2. The van der Waals surface area contributed by atoms with Gasteiger partial charge in [-0.15, -0.1) is 0 Å². The second kappa shape index (κ2) is 6.27. The molecule has 1 unspecified atom stereocenters. The highest BCUT2D eigenvalue weighted by molar-refractivity contribution is 6.06. The first-order valence-electron chi connectivity index (χ1n) is 9.67. The third-order valence-corrected chi connectivity index (χ3v) is 6.47. The van der Waals surface area contributed by atoms with Crippen LogP contribution in [0.25, 0.3) is 0 Å². The molecular weight excluding hydrogens is 332 g/mol. The summed E-state index contributed by atoms with van der Waals surface area (Å²) < 4.78 is 11.6. The van der Waals surface area contributed by atoms with Gasteiger partial charge in [0.1, 0.15) is 12.7 Å². The zero-order valence-corrected chi connectivity index (χ0v) is 14.7. The van der Waals surface area contributed by atoms with Crippen molar-refractivity contribution in [3.05, 3.63) is 24.3 Å². The van der Waals surface area contributed by atoms with E-state index in [1.807, 2.05) is 24.3 Å². The Labute approximate surface area is 152 Å². The van der Waals surface area contributed by atoms with E-state index in [4.69, 9.17) is 9.47 Å². The van der Waals surface area contributed by atoms with E-state index in [2.05, 4.69) is 5.32 Å². The number of carbonyl (C=O) groups is 2. The third-order valence-electron chi connectivity index (χ3n) is 6.47. The molecule has 2 amide bonds. The molecule has 1 saturated heterocycles. The van der Waals surface area contributed by atoms with Gasteiger partial charge in [0.05, 0.1) is 11.8 Å². The van der Waals surface area contributed by atoms with Crippen LogP contribution in [0.2, 0.25) is 0 Å². The number of likely N-dealkylation sites (tertiary alicyclic amines) is 1. The number of para-hydroxylation sites is 2. The van der Waals surface area contributed by atoms with Crippen molar-refractivity contribution in [2.75, 3.05) is 26.2 Å². The Morgan fingerprint density at radius 2 is 1.73 bits per heavy atom. The number of amides is 2. The average molecular weight is 356 g/mol. The Kier molecular flexibility index (Phi) is 3.89. The summed E-state index contributed by atoms with van der Waals surface area (Å²) in [6.07, 6.45) is 3.26. The van der Waals surface area contributed by atoms with E-state index in [1.54, 1.807) is 0 Å². The van der Waals surface area contributed by atoms with Crippen molar-refractivity contribution in [2.24, 2.45) is 23.7 Å². The summed E-state index contributed by atoms with van der Waals surface area (Å²) in [7, 11) is 0. The van der Waals surface area contributed by atoms with Crippen molar-refractivity contribution in [1.29, 1.82) is 0 Å². The summed E-state index contributed by atoms with van der Waals surface area (Å²) in [6, 6.07) is 7.64. The molecule has 2 heterocycles. The molecule has 5 rings (SSSR count). The SMILES string of the molecule is O=C1[C@@H]2[C@H]3CC[C@H](C3)[C@@H]2C(=O)N1CCNCC1COc2ccccc2O1. The summed E-state index contributed by atoms with van der Waals surface area (Å²) in [4.78, 5) is 26.8. The molecule has 5 atom stereocenters. The van der Waals surface area contributed by atoms with Gasteiger partial charge in [0.15, 0.2) is 11.5 Å². The topological polar surface area (TPSA) is 67.9 Å². The van der Waals surface area contributed by atoms with Gasteiger partial charge in [-0.2, -0.15) is 0 Å². The molecule has 2 bridgehead atoms. The number of benzene rings is 1. The van der Waals surface area contributed by atoms with Crippen molar-refractivity contribution >= 4 is 11.8 Å². The Hall–Kier alpha value is -2.08. The molecule has 4 aliphatic rings. The van der Waals surface area contributed by atoms with Crippen molar-refractivity contribution in [3.8, 4) is 11.5 Å². The van der Waals surface area contributed by atoms with E-state index in [9.17, 15) is 9.59 Å². The van der Waals surface area contributed by atoms with Gasteiger partial charge in [0.2, 0.25) is 11.8 Å². The first-order chi connectivity index (χ1) is 12.7. The summed E-state index contributed by atoms with van der Waals surface area (Å²) in [5.74, 6) is 2.54. The van der Waals surface area contributed by atoms with Crippen LogP contribution >= 0.6 is 0 Å². The zero-order valence-electron chi connectivity index (χ0n) is 14.7. The number of rotatable bonds is 5. The lowest BCUT2D eigenvalue weighted by Gasteiger charge is -2.27. The molecule has 138 valence electrons. The molecule has 6 heteroatoms. The Balaban J connectivity index is 1.12. The number of nitrogens with one attached hydrogen (secondary N) is 1. The Bertz CT molecular complexity index is 708. The number of carbonyl (C=O) groups excluding carboxylic acids is 2. The number of nitrogens with zero attached hydrogens (tertiary/aromatic N) is 1. The molecule has 3 fully saturated rings. The molecule has 6 nitrogen and oxygen atoms in total. The maximum atomic E-state index is 12.7. The van der Waals surface area contributed by atoms with E-state index in [0.29, 0.717) is 38.1 Å². The highest BCUT2D eigenvalue weighted by atomic mass is 16.6. The molecule has 0 aromatic heterocycles. The second-order valence-corrected chi connectivity index (χ2v) is 7.91. The minimum absolute atomic E-state index is 0.0205. The fraction of sp³-hybridized carbons (Fsp3) is 0.600. The molecule has 1 aromatic rings. The molecule has 2 aliphatic heterocycles. The van der Waals surface area contributed by atoms with Gasteiger partial charge < -0.3 is 14.8 Å². The molecule has 2 aliphatic carbocycles. The molecule has 1 N–H and O–H groups in total. The highest BCUT2D eigenvalue weighted by Crippen LogP contribution is 2.55. The number of hydrogen-bond acceptors (Lipinski definition) is 5. The van der Waals surface area contributed by atoms with Crippen molar-refractivity contribution in [2.45, 2.75) is 25.4 Å². The minimum Gasteiger partial charge on any atom is -0.486 e. The van der Waals surface area contributed by atoms with E-state index in [1.165, 1.54) is 4.90 Å². The maximum Gasteiger partial charge on any atom is 0.233 e. The molecular formula is C20H24N2O4. The fourth-order valence-electron chi connectivity index (χ4n) is 5.31. The zero-order chi connectivity index (χ0) is 17.7. The second-order valence-electron chi connectivity index (χ2n) is 7.91. The van der Waals surface area contributed by atoms with Crippen LogP contribution in [-0.4, -0.2) is 49.1 Å². The highest BCUT2D eigenvalue weighted by Gasteiger charge is 2.60. The smallest absolute Gasteiger partial charge is 0.233 e. The molecule has 1 aromatic carbocycles. The fourth-order valence-corrected chi connectivity index (χ4v) is 5.31. The molecule has 0 spiro atoms. The Morgan fingerprint density at radius 1 is 1.04 bits per heavy atom. The summed E-state index contributed by atoms with van der Waals surface area (Å²) in [6.45, 7) is 2.17. The first-order valence-corrected chi connectivity index (χ1v) is 9.67. The molecule has 0 radical (unpaired) electrons. The van der Waals surface area contributed by atoms with Crippen LogP contribution in [0.4, 0.5) is 0 Å². The predicted molar refractivity (Wildman–Crippen MR) is 93.8 cm³/mol. The van der Waals surface area contributed by atoms with Crippen molar-refractivity contribution < 1.29 is 19.1 Å². The van der Waals surface area contributed by atoms with Crippen LogP contribution in [0.3, 0.4) is 0 Å². The average Bonchev–Trinajstić information content (AvgIpc) is 3.34. The van der Waals surface area contributed by atoms with Gasteiger partial charge in [-0.3, -0.25) is 14.5 Å². The van der Waals surface area contributed by atoms with Crippen LogP contribution in [0.1, 0.15) is 19.3 Å². The minimum atomic E-state index is -0.0647. The Morgan fingerprint density at radius 3 is 2.46 bits per heavy atom.